The number of carbonyl (C=O) groups excluding carboxylic acids is 1. The second kappa shape index (κ2) is 4.09. The molecule has 1 aliphatic rings. The van der Waals surface area contributed by atoms with E-state index in [0.29, 0.717) is 13.1 Å². The molecular weight excluding hydrogens is 206 g/mol. The summed E-state index contributed by atoms with van der Waals surface area (Å²) in [6.45, 7) is 2.95. The summed E-state index contributed by atoms with van der Waals surface area (Å²) in [6.07, 6.45) is 2.28. The summed E-state index contributed by atoms with van der Waals surface area (Å²) in [5, 5.41) is 0. The van der Waals surface area contributed by atoms with Crippen LogP contribution in [0.2, 0.25) is 0 Å². The molecule has 1 atom stereocenters. The molecule has 0 saturated carbocycles. The number of aromatic nitrogens is 1. The minimum atomic E-state index is -0.235. The Labute approximate surface area is 93.3 Å². The van der Waals surface area contributed by atoms with Crippen molar-refractivity contribution in [1.29, 1.82) is 0 Å². The molecule has 16 heavy (non-hydrogen) atoms. The molecule has 86 valence electrons. The van der Waals surface area contributed by atoms with Crippen LogP contribution in [0.15, 0.2) is 17.1 Å². The SMILES string of the molecule is Cc1cc(=O)c(C(=O)N2CC[C@H](N)C2)c[nH]1. The molecule has 1 aromatic heterocycles. The molecule has 2 heterocycles. The van der Waals surface area contributed by atoms with Gasteiger partial charge >= 0.3 is 0 Å². The summed E-state index contributed by atoms with van der Waals surface area (Å²) in [5.74, 6) is -0.228. The Morgan fingerprint density at radius 2 is 2.38 bits per heavy atom. The molecule has 5 heteroatoms. The van der Waals surface area contributed by atoms with E-state index < -0.39 is 0 Å². The average Bonchev–Trinajstić information content (AvgIpc) is 2.64. The van der Waals surface area contributed by atoms with Crippen molar-refractivity contribution in [3.8, 4) is 0 Å². The van der Waals surface area contributed by atoms with Gasteiger partial charge in [-0.2, -0.15) is 0 Å². The van der Waals surface area contributed by atoms with Crippen LogP contribution in [0.3, 0.4) is 0 Å². The predicted octanol–water partition coefficient (Wildman–Crippen LogP) is -0.143. The number of amides is 1. The van der Waals surface area contributed by atoms with E-state index in [9.17, 15) is 9.59 Å². The van der Waals surface area contributed by atoms with Crippen LogP contribution in [0.4, 0.5) is 0 Å². The summed E-state index contributed by atoms with van der Waals surface area (Å²) < 4.78 is 0. The predicted molar refractivity (Wildman–Crippen MR) is 60.3 cm³/mol. The first-order valence-electron chi connectivity index (χ1n) is 5.32. The molecule has 5 nitrogen and oxygen atoms in total. The topological polar surface area (TPSA) is 79.2 Å². The lowest BCUT2D eigenvalue weighted by Crippen LogP contribution is -2.34. The van der Waals surface area contributed by atoms with Crippen LogP contribution in [-0.2, 0) is 0 Å². The molecule has 3 N–H and O–H groups in total. The van der Waals surface area contributed by atoms with Gasteiger partial charge in [-0.25, -0.2) is 0 Å². The number of hydrogen-bond acceptors (Lipinski definition) is 3. The molecule has 2 rings (SSSR count). The van der Waals surface area contributed by atoms with Crippen LogP contribution in [0.25, 0.3) is 0 Å². The third kappa shape index (κ3) is 1.99. The zero-order valence-corrected chi connectivity index (χ0v) is 9.19. The monoisotopic (exact) mass is 221 g/mol. The Morgan fingerprint density at radius 3 is 2.94 bits per heavy atom. The van der Waals surface area contributed by atoms with Crippen molar-refractivity contribution in [3.63, 3.8) is 0 Å². The van der Waals surface area contributed by atoms with Crippen molar-refractivity contribution in [2.24, 2.45) is 5.73 Å². The highest BCUT2D eigenvalue weighted by atomic mass is 16.2. The van der Waals surface area contributed by atoms with E-state index in [0.717, 1.165) is 12.1 Å². The Balaban J connectivity index is 2.24. The van der Waals surface area contributed by atoms with Gasteiger partial charge in [0, 0.05) is 37.1 Å². The average molecular weight is 221 g/mol. The van der Waals surface area contributed by atoms with Crippen molar-refractivity contribution >= 4 is 5.91 Å². The molecule has 1 aromatic rings. The number of nitrogens with two attached hydrogens (primary N) is 1. The number of hydrogen-bond donors (Lipinski definition) is 2. The molecule has 1 fully saturated rings. The van der Waals surface area contributed by atoms with E-state index in [1.165, 1.54) is 12.3 Å². The molecule has 0 radical (unpaired) electrons. The van der Waals surface area contributed by atoms with E-state index in [1.807, 2.05) is 0 Å². The fraction of sp³-hybridized carbons (Fsp3) is 0.455. The van der Waals surface area contributed by atoms with Gasteiger partial charge in [-0.05, 0) is 13.3 Å². The van der Waals surface area contributed by atoms with Crippen molar-refractivity contribution in [2.45, 2.75) is 19.4 Å². The normalized spacial score (nSPS) is 20.1. The van der Waals surface area contributed by atoms with Gasteiger partial charge in [-0.3, -0.25) is 9.59 Å². The number of aryl methyl sites for hydroxylation is 1. The van der Waals surface area contributed by atoms with Gasteiger partial charge in [0.25, 0.3) is 5.91 Å². The lowest BCUT2D eigenvalue weighted by atomic mass is 10.2. The molecule has 0 unspecified atom stereocenters. The van der Waals surface area contributed by atoms with E-state index in [1.54, 1.807) is 11.8 Å². The smallest absolute Gasteiger partial charge is 0.259 e. The molecule has 1 aliphatic heterocycles. The lowest BCUT2D eigenvalue weighted by Gasteiger charge is -2.15. The Kier molecular flexibility index (Phi) is 2.78. The maximum atomic E-state index is 12.0. The summed E-state index contributed by atoms with van der Waals surface area (Å²) in [6, 6.07) is 1.47. The van der Waals surface area contributed by atoms with E-state index in [-0.39, 0.29) is 22.9 Å². The van der Waals surface area contributed by atoms with Crippen LogP contribution >= 0.6 is 0 Å². The fourth-order valence-electron chi connectivity index (χ4n) is 1.88. The number of aromatic amines is 1. The van der Waals surface area contributed by atoms with Crippen molar-refractivity contribution < 1.29 is 4.79 Å². The maximum Gasteiger partial charge on any atom is 0.259 e. The molecule has 0 aromatic carbocycles. The number of nitrogens with one attached hydrogen (secondary N) is 1. The van der Waals surface area contributed by atoms with Crippen LogP contribution in [0, 0.1) is 6.92 Å². The highest BCUT2D eigenvalue weighted by Gasteiger charge is 2.25. The first kappa shape index (κ1) is 10.9. The first-order valence-corrected chi connectivity index (χ1v) is 5.32. The molecule has 0 bridgehead atoms. The van der Waals surface area contributed by atoms with Crippen molar-refractivity contribution in [3.05, 3.63) is 33.7 Å². The van der Waals surface area contributed by atoms with Gasteiger partial charge in [-0.15, -0.1) is 0 Å². The van der Waals surface area contributed by atoms with E-state index in [2.05, 4.69) is 4.98 Å². The van der Waals surface area contributed by atoms with E-state index >= 15 is 0 Å². The van der Waals surface area contributed by atoms with Crippen LogP contribution in [-0.4, -0.2) is 34.9 Å². The quantitative estimate of drug-likeness (QED) is 0.692. The standard InChI is InChI=1S/C11H15N3O2/c1-7-4-10(15)9(5-13-7)11(16)14-3-2-8(12)6-14/h4-5,8H,2-3,6,12H2,1H3,(H,13,15)/t8-/m0/s1. The summed E-state index contributed by atoms with van der Waals surface area (Å²) in [5.41, 5.74) is 6.43. The van der Waals surface area contributed by atoms with Crippen molar-refractivity contribution in [1.82, 2.24) is 9.88 Å². The van der Waals surface area contributed by atoms with Gasteiger partial charge < -0.3 is 15.6 Å². The van der Waals surface area contributed by atoms with Gasteiger partial charge in [0.1, 0.15) is 5.56 Å². The molecule has 1 saturated heterocycles. The largest absolute Gasteiger partial charge is 0.364 e. The fourth-order valence-corrected chi connectivity index (χ4v) is 1.88. The molecular formula is C11H15N3O2. The Bertz CT molecular complexity index is 467. The zero-order chi connectivity index (χ0) is 11.7. The van der Waals surface area contributed by atoms with Gasteiger partial charge in [0.05, 0.1) is 0 Å². The van der Waals surface area contributed by atoms with Crippen LogP contribution in [0.1, 0.15) is 22.5 Å². The first-order chi connectivity index (χ1) is 7.58. The minimum absolute atomic E-state index is 0.0356. The number of rotatable bonds is 1. The number of carbonyl (C=O) groups is 1. The Hall–Kier alpha value is -1.62. The third-order valence-corrected chi connectivity index (χ3v) is 2.80. The van der Waals surface area contributed by atoms with Crippen molar-refractivity contribution in [2.75, 3.05) is 13.1 Å². The zero-order valence-electron chi connectivity index (χ0n) is 9.19. The number of nitrogens with zero attached hydrogens (tertiary/aromatic N) is 1. The van der Waals surface area contributed by atoms with Crippen LogP contribution < -0.4 is 11.2 Å². The minimum Gasteiger partial charge on any atom is -0.364 e. The molecule has 0 spiro atoms. The highest BCUT2D eigenvalue weighted by molar-refractivity contribution is 5.94. The second-order valence-corrected chi connectivity index (χ2v) is 4.19. The summed E-state index contributed by atoms with van der Waals surface area (Å²) in [7, 11) is 0. The van der Waals surface area contributed by atoms with Gasteiger partial charge in [0.15, 0.2) is 5.43 Å². The van der Waals surface area contributed by atoms with E-state index in [4.69, 9.17) is 5.73 Å². The highest BCUT2D eigenvalue weighted by Crippen LogP contribution is 2.10. The summed E-state index contributed by atoms with van der Waals surface area (Å²) in [4.78, 5) is 28.1. The van der Waals surface area contributed by atoms with Crippen LogP contribution in [0.5, 0.6) is 0 Å². The molecule has 1 amide bonds. The third-order valence-electron chi connectivity index (χ3n) is 2.80. The Morgan fingerprint density at radius 1 is 1.62 bits per heavy atom. The van der Waals surface area contributed by atoms with Gasteiger partial charge in [-0.1, -0.05) is 0 Å². The summed E-state index contributed by atoms with van der Waals surface area (Å²) >= 11 is 0. The maximum absolute atomic E-state index is 12.0. The lowest BCUT2D eigenvalue weighted by molar-refractivity contribution is 0.0789. The molecule has 0 aliphatic carbocycles. The van der Waals surface area contributed by atoms with Gasteiger partial charge in [0.2, 0.25) is 0 Å². The number of likely N-dealkylation sites (tertiary alicyclic amines) is 1. The number of pyridine rings is 1. The second-order valence-electron chi connectivity index (χ2n) is 4.19. The number of H-pyrrole nitrogens is 1.